The Bertz CT molecular complexity index is 4510. The molecule has 0 heterocycles. The lowest BCUT2D eigenvalue weighted by atomic mass is 9.73. The van der Waals surface area contributed by atoms with E-state index in [4.69, 9.17) is 0 Å². The van der Waals surface area contributed by atoms with Crippen LogP contribution in [-0.2, 0) is 21.7 Å². The third-order valence-corrected chi connectivity index (χ3v) is 17.1. The van der Waals surface area contributed by atoms with Gasteiger partial charge >= 0.3 is 0 Å². The molecule has 2 nitrogen and oxygen atoms in total. The Balaban J connectivity index is 1.37. The van der Waals surface area contributed by atoms with Gasteiger partial charge in [0.05, 0.1) is 0 Å². The summed E-state index contributed by atoms with van der Waals surface area (Å²) in [6.07, 6.45) is 0. The zero-order valence-electron chi connectivity index (χ0n) is 44.7. The Hall–Kier alpha value is -7.68. The quantitative estimate of drug-likeness (QED) is 0.128. The Morgan fingerprint density at radius 1 is 0.243 bits per heavy atom. The van der Waals surface area contributed by atoms with E-state index in [1.54, 1.807) is 0 Å². The molecule has 0 saturated carbocycles. The van der Waals surface area contributed by atoms with Gasteiger partial charge in [-0.05, 0) is 132 Å². The van der Waals surface area contributed by atoms with E-state index in [1.165, 1.54) is 22.3 Å². The highest BCUT2D eigenvalue weighted by Crippen LogP contribution is 2.57. The van der Waals surface area contributed by atoms with Crippen molar-refractivity contribution < 1.29 is 0 Å². The minimum atomic E-state index is -0.154. The Morgan fingerprint density at radius 3 is 0.824 bits per heavy atom. The molecule has 0 aliphatic rings. The summed E-state index contributed by atoms with van der Waals surface area (Å²) in [5.74, 6) is 0. The monoisotopic (exact) mass is 956 g/mol. The maximum Gasteiger partial charge on any atom is 0.194 e. The molecule has 360 valence electrons. The zero-order chi connectivity index (χ0) is 51.4. The summed E-state index contributed by atoms with van der Waals surface area (Å²) < 4.78 is 0. The molecule has 14 rings (SSSR count). The van der Waals surface area contributed by atoms with Gasteiger partial charge < -0.3 is 0 Å². The van der Waals surface area contributed by atoms with Crippen LogP contribution in [0.2, 0.25) is 0 Å². The van der Waals surface area contributed by atoms with Crippen LogP contribution in [0.25, 0.3) is 141 Å². The molecule has 0 aromatic heterocycles. The standard InChI is InChI=1S/C72H60O2/c1-69(2,3)41-29-39(30-42(35-41)70(4,5)6)53-47-25-17-19-27-49(47)57-55-45-23-15-14-22-38(45)34-52-60(55)62-61-59-51(67(73)65(53)63(57)61)33-37-21-13-16-24-46(37)56(59)58-50-28-20-18-26-48(50)54(66(64(58)62)68(52)74)40-31-43(71(7,8)9)36-44(32-40)72(10,11)12/h13-36H,1-12H3. The molecule has 2 heteroatoms. The van der Waals surface area contributed by atoms with Crippen molar-refractivity contribution in [2.75, 3.05) is 0 Å². The number of hydrogen-bond donors (Lipinski definition) is 0. The number of hydrogen-bond acceptors (Lipinski definition) is 2. The molecule has 0 saturated heterocycles. The molecular formula is C72H60O2. The highest BCUT2D eigenvalue weighted by molar-refractivity contribution is 6.56. The first-order valence-corrected chi connectivity index (χ1v) is 26.6. The summed E-state index contributed by atoms with van der Waals surface area (Å²) in [5, 5.41) is 21.6. The van der Waals surface area contributed by atoms with Crippen molar-refractivity contribution in [2.24, 2.45) is 0 Å². The maximum absolute atomic E-state index is 16.7. The van der Waals surface area contributed by atoms with Crippen molar-refractivity contribution in [2.45, 2.75) is 105 Å². The van der Waals surface area contributed by atoms with Crippen molar-refractivity contribution in [3.8, 4) is 22.3 Å². The lowest BCUT2D eigenvalue weighted by Gasteiger charge is -2.29. The van der Waals surface area contributed by atoms with E-state index in [-0.39, 0.29) is 32.5 Å². The lowest BCUT2D eigenvalue weighted by Crippen LogP contribution is -2.17. The first-order chi connectivity index (χ1) is 35.1. The summed E-state index contributed by atoms with van der Waals surface area (Å²) in [5.41, 5.74) is 8.48. The molecule has 0 aliphatic carbocycles. The van der Waals surface area contributed by atoms with Gasteiger partial charge in [0.25, 0.3) is 0 Å². The van der Waals surface area contributed by atoms with Gasteiger partial charge in [-0.3, -0.25) is 9.59 Å². The average Bonchev–Trinajstić information content (AvgIpc) is 3.37. The van der Waals surface area contributed by atoms with Crippen LogP contribution in [0.4, 0.5) is 0 Å². The smallest absolute Gasteiger partial charge is 0.194 e. The van der Waals surface area contributed by atoms with Crippen molar-refractivity contribution in [1.82, 2.24) is 0 Å². The SMILES string of the molecule is CC(C)(C)c1cc(-c2c3ccccc3c3c4c2c(=O)c2cc5ccccc5c5c2c4c2c4c(cc6ccccc6c43)c(=O)c3c(-c4cc(C(C)(C)C)cc(C(C)(C)C)c4)c4ccccc4c5c32)cc(C(C)(C)C)c1. The summed E-state index contributed by atoms with van der Waals surface area (Å²) in [6.45, 7) is 27.5. The van der Waals surface area contributed by atoms with Crippen LogP contribution in [0.5, 0.6) is 0 Å². The van der Waals surface area contributed by atoms with Gasteiger partial charge in [0.1, 0.15) is 0 Å². The van der Waals surface area contributed by atoms with Gasteiger partial charge in [-0.1, -0.05) is 217 Å². The Morgan fingerprint density at radius 2 is 0.500 bits per heavy atom. The predicted molar refractivity (Wildman–Crippen MR) is 322 cm³/mol. The van der Waals surface area contributed by atoms with Crippen LogP contribution < -0.4 is 10.9 Å². The molecule has 0 unspecified atom stereocenters. The fraction of sp³-hybridized carbons (Fsp3) is 0.222. The molecule has 0 amide bonds. The molecule has 0 radical (unpaired) electrons. The average molecular weight is 957 g/mol. The highest BCUT2D eigenvalue weighted by atomic mass is 16.1. The zero-order valence-corrected chi connectivity index (χ0v) is 44.7. The molecule has 0 fully saturated rings. The Kier molecular flexibility index (Phi) is 8.84. The number of rotatable bonds is 2. The summed E-state index contributed by atoms with van der Waals surface area (Å²) in [7, 11) is 0. The van der Waals surface area contributed by atoms with Crippen molar-refractivity contribution in [1.29, 1.82) is 0 Å². The summed E-state index contributed by atoms with van der Waals surface area (Å²) in [4.78, 5) is 33.5. The largest absolute Gasteiger partial charge is 0.289 e. The molecular weight excluding hydrogens is 897 g/mol. The minimum Gasteiger partial charge on any atom is -0.289 e. The van der Waals surface area contributed by atoms with E-state index in [2.05, 4.69) is 229 Å². The first kappa shape index (κ1) is 45.0. The molecule has 0 atom stereocenters. The van der Waals surface area contributed by atoms with E-state index in [9.17, 15) is 0 Å². The fourth-order valence-corrected chi connectivity index (χ4v) is 13.3. The molecule has 0 aliphatic heterocycles. The van der Waals surface area contributed by atoms with Gasteiger partial charge in [0.2, 0.25) is 0 Å². The van der Waals surface area contributed by atoms with E-state index in [0.717, 1.165) is 141 Å². The van der Waals surface area contributed by atoms with E-state index >= 15 is 9.59 Å². The molecule has 0 bridgehead atoms. The number of benzene rings is 14. The second kappa shape index (κ2) is 14.5. The molecule has 0 spiro atoms. The lowest BCUT2D eigenvalue weighted by molar-refractivity contribution is 0.568. The second-order valence-electron chi connectivity index (χ2n) is 25.9. The molecule has 0 N–H and O–H groups in total. The second-order valence-corrected chi connectivity index (χ2v) is 25.9. The fourth-order valence-electron chi connectivity index (χ4n) is 13.3. The van der Waals surface area contributed by atoms with E-state index in [1.807, 2.05) is 0 Å². The van der Waals surface area contributed by atoms with Crippen LogP contribution in [-0.4, -0.2) is 0 Å². The summed E-state index contributed by atoms with van der Waals surface area (Å²) in [6, 6.07) is 53.3. The van der Waals surface area contributed by atoms with Gasteiger partial charge in [0.15, 0.2) is 10.9 Å². The van der Waals surface area contributed by atoms with Gasteiger partial charge in [-0.15, -0.1) is 0 Å². The van der Waals surface area contributed by atoms with Crippen LogP contribution in [0, 0.1) is 0 Å². The van der Waals surface area contributed by atoms with Gasteiger partial charge in [-0.2, -0.15) is 0 Å². The van der Waals surface area contributed by atoms with Gasteiger partial charge in [-0.25, -0.2) is 0 Å². The number of fused-ring (bicyclic) bond motifs is 10. The van der Waals surface area contributed by atoms with Crippen molar-refractivity contribution in [3.63, 3.8) is 0 Å². The normalized spacial score (nSPS) is 13.5. The Labute approximate surface area is 431 Å². The van der Waals surface area contributed by atoms with Crippen LogP contribution in [0.1, 0.15) is 105 Å². The first-order valence-electron chi connectivity index (χ1n) is 26.6. The molecule has 14 aromatic carbocycles. The molecule has 14 aromatic rings. The third-order valence-electron chi connectivity index (χ3n) is 17.1. The topological polar surface area (TPSA) is 34.1 Å². The summed E-state index contributed by atoms with van der Waals surface area (Å²) >= 11 is 0. The molecule has 74 heavy (non-hydrogen) atoms. The van der Waals surface area contributed by atoms with Gasteiger partial charge in [0, 0.05) is 65.0 Å². The van der Waals surface area contributed by atoms with Crippen LogP contribution in [0.15, 0.2) is 155 Å². The minimum absolute atomic E-state index is 0.0425. The van der Waals surface area contributed by atoms with Crippen molar-refractivity contribution >= 4 is 118 Å². The van der Waals surface area contributed by atoms with Crippen molar-refractivity contribution in [3.05, 3.63) is 188 Å². The predicted octanol–water partition coefficient (Wildman–Crippen LogP) is 19.4. The van der Waals surface area contributed by atoms with Crippen LogP contribution >= 0.6 is 0 Å². The van der Waals surface area contributed by atoms with E-state index in [0.29, 0.717) is 0 Å². The van der Waals surface area contributed by atoms with E-state index < -0.39 is 0 Å². The van der Waals surface area contributed by atoms with Crippen LogP contribution in [0.3, 0.4) is 0 Å². The third kappa shape index (κ3) is 5.94. The highest BCUT2D eigenvalue weighted by Gasteiger charge is 2.34. The maximum atomic E-state index is 16.7.